The van der Waals surface area contributed by atoms with Crippen LogP contribution in [0, 0.1) is 17.2 Å². The zero-order valence-electron chi connectivity index (χ0n) is 12.1. The summed E-state index contributed by atoms with van der Waals surface area (Å²) >= 11 is 1.49. The smallest absolute Gasteiger partial charge is 0.228 e. The number of carbonyl (C=O) groups excluding carboxylic acids is 1. The molecule has 0 saturated heterocycles. The monoisotopic (exact) mass is 299 g/mol. The third-order valence-corrected chi connectivity index (χ3v) is 4.22. The zero-order chi connectivity index (χ0) is 15.2. The van der Waals surface area contributed by atoms with Gasteiger partial charge in [0.2, 0.25) is 5.91 Å². The van der Waals surface area contributed by atoms with Crippen LogP contribution in [0.4, 0.5) is 5.13 Å². The summed E-state index contributed by atoms with van der Waals surface area (Å²) in [5.74, 6) is 0.00708. The van der Waals surface area contributed by atoms with Gasteiger partial charge in [0.1, 0.15) is 0 Å². The quantitative estimate of drug-likeness (QED) is 0.917. The van der Waals surface area contributed by atoms with Crippen LogP contribution in [-0.2, 0) is 11.2 Å². The molecule has 0 saturated carbocycles. The van der Waals surface area contributed by atoms with Crippen LogP contribution in [0.5, 0.6) is 0 Å². The van der Waals surface area contributed by atoms with Gasteiger partial charge >= 0.3 is 0 Å². The minimum absolute atomic E-state index is 0.00382. The maximum atomic E-state index is 11.8. The van der Waals surface area contributed by atoms with E-state index in [0.29, 0.717) is 10.7 Å². The molecule has 1 heterocycles. The fourth-order valence-electron chi connectivity index (χ4n) is 1.76. The second kappa shape index (κ2) is 7.00. The number of amides is 1. The minimum atomic E-state index is -0.00382. The van der Waals surface area contributed by atoms with E-state index in [1.807, 2.05) is 38.1 Å². The molecule has 108 valence electrons. The van der Waals surface area contributed by atoms with Crippen LogP contribution >= 0.6 is 11.3 Å². The number of rotatable bonds is 5. The highest BCUT2D eigenvalue weighted by atomic mass is 32.1. The van der Waals surface area contributed by atoms with Crippen molar-refractivity contribution in [2.24, 2.45) is 5.92 Å². The normalized spacial score (nSPS) is 11.7. The maximum absolute atomic E-state index is 11.8. The van der Waals surface area contributed by atoms with Crippen molar-refractivity contribution in [2.75, 3.05) is 5.32 Å². The van der Waals surface area contributed by atoms with Crippen molar-refractivity contribution < 1.29 is 4.79 Å². The van der Waals surface area contributed by atoms with Crippen LogP contribution < -0.4 is 5.32 Å². The number of anilines is 1. The van der Waals surface area contributed by atoms with E-state index in [9.17, 15) is 4.79 Å². The van der Waals surface area contributed by atoms with Crippen LogP contribution in [0.25, 0.3) is 0 Å². The molecule has 0 aliphatic rings. The second-order valence-electron chi connectivity index (χ2n) is 4.92. The number of aromatic nitrogens is 1. The fraction of sp³-hybridized carbons (Fsp3) is 0.312. The number of hydrogen-bond donors (Lipinski definition) is 1. The molecule has 1 atom stereocenters. The van der Waals surface area contributed by atoms with E-state index in [-0.39, 0.29) is 11.8 Å². The Kier molecular flexibility index (Phi) is 5.07. The van der Waals surface area contributed by atoms with Gasteiger partial charge in [0.25, 0.3) is 0 Å². The Balaban J connectivity index is 1.99. The lowest BCUT2D eigenvalue weighted by molar-refractivity contribution is -0.119. The van der Waals surface area contributed by atoms with E-state index in [0.717, 1.165) is 23.3 Å². The standard InChI is InChI=1S/C16H17N3OS/c1-3-11(2)15(20)19-16-18-10-14(21-16)8-12-4-6-13(9-17)7-5-12/h4-7,10-11H,3,8H2,1-2H3,(H,18,19,20). The molecule has 1 amide bonds. The van der Waals surface area contributed by atoms with Crippen molar-refractivity contribution in [1.29, 1.82) is 5.26 Å². The van der Waals surface area contributed by atoms with Gasteiger partial charge in [-0.05, 0) is 24.1 Å². The second-order valence-corrected chi connectivity index (χ2v) is 6.03. The van der Waals surface area contributed by atoms with E-state index >= 15 is 0 Å². The molecule has 0 aliphatic carbocycles. The van der Waals surface area contributed by atoms with Crippen molar-refractivity contribution in [3.63, 3.8) is 0 Å². The van der Waals surface area contributed by atoms with Crippen LogP contribution in [0.1, 0.15) is 36.3 Å². The summed E-state index contributed by atoms with van der Waals surface area (Å²) in [7, 11) is 0. The molecule has 0 bridgehead atoms. The van der Waals surface area contributed by atoms with Crippen LogP contribution in [-0.4, -0.2) is 10.9 Å². The third kappa shape index (κ3) is 4.14. The summed E-state index contributed by atoms with van der Waals surface area (Å²) in [6.07, 6.45) is 3.35. The summed E-state index contributed by atoms with van der Waals surface area (Å²) in [5, 5.41) is 12.3. The van der Waals surface area contributed by atoms with Gasteiger partial charge < -0.3 is 5.32 Å². The predicted octanol–water partition coefficient (Wildman–Crippen LogP) is 3.59. The Bertz CT molecular complexity index is 655. The number of nitrogens with one attached hydrogen (secondary N) is 1. The first-order valence-electron chi connectivity index (χ1n) is 6.87. The van der Waals surface area contributed by atoms with Gasteiger partial charge in [0.05, 0.1) is 11.6 Å². The number of hydrogen-bond acceptors (Lipinski definition) is 4. The number of thiazole rings is 1. The topological polar surface area (TPSA) is 65.8 Å². The van der Waals surface area contributed by atoms with Gasteiger partial charge in [-0.2, -0.15) is 5.26 Å². The first-order valence-corrected chi connectivity index (χ1v) is 7.68. The zero-order valence-corrected chi connectivity index (χ0v) is 12.9. The molecule has 0 aliphatic heterocycles. The fourth-order valence-corrected chi connectivity index (χ4v) is 2.61. The number of benzene rings is 1. The van der Waals surface area contributed by atoms with Crippen molar-refractivity contribution >= 4 is 22.4 Å². The van der Waals surface area contributed by atoms with E-state index in [4.69, 9.17) is 5.26 Å². The molecule has 0 fully saturated rings. The molecule has 4 nitrogen and oxygen atoms in total. The Morgan fingerprint density at radius 1 is 1.43 bits per heavy atom. The minimum Gasteiger partial charge on any atom is -0.302 e. The molecular formula is C16H17N3OS. The van der Waals surface area contributed by atoms with E-state index in [1.165, 1.54) is 11.3 Å². The Labute approximate surface area is 128 Å². The molecule has 0 spiro atoms. The molecule has 1 N–H and O–H groups in total. The lowest BCUT2D eigenvalue weighted by atomic mass is 10.1. The Hall–Kier alpha value is -2.19. The van der Waals surface area contributed by atoms with E-state index in [1.54, 1.807) is 6.20 Å². The molecule has 2 aromatic rings. The van der Waals surface area contributed by atoms with Crippen LogP contribution in [0.2, 0.25) is 0 Å². The average molecular weight is 299 g/mol. The SMILES string of the molecule is CCC(C)C(=O)Nc1ncc(Cc2ccc(C#N)cc2)s1. The number of nitriles is 1. The van der Waals surface area contributed by atoms with Gasteiger partial charge in [-0.15, -0.1) is 11.3 Å². The molecular weight excluding hydrogens is 282 g/mol. The molecule has 21 heavy (non-hydrogen) atoms. The maximum Gasteiger partial charge on any atom is 0.228 e. The summed E-state index contributed by atoms with van der Waals surface area (Å²) in [6, 6.07) is 9.60. The lowest BCUT2D eigenvalue weighted by Crippen LogP contribution is -2.19. The lowest BCUT2D eigenvalue weighted by Gasteiger charge is -2.06. The molecule has 1 aromatic carbocycles. The van der Waals surface area contributed by atoms with Crippen molar-refractivity contribution in [3.05, 3.63) is 46.5 Å². The highest BCUT2D eigenvalue weighted by molar-refractivity contribution is 7.15. The molecule has 5 heteroatoms. The van der Waals surface area contributed by atoms with Gasteiger partial charge in [-0.3, -0.25) is 4.79 Å². The van der Waals surface area contributed by atoms with Crippen molar-refractivity contribution in [1.82, 2.24) is 4.98 Å². The van der Waals surface area contributed by atoms with E-state index in [2.05, 4.69) is 16.4 Å². The summed E-state index contributed by atoms with van der Waals surface area (Å²) in [6.45, 7) is 3.89. The highest BCUT2D eigenvalue weighted by Crippen LogP contribution is 2.22. The summed E-state index contributed by atoms with van der Waals surface area (Å²) < 4.78 is 0. The van der Waals surface area contributed by atoms with Crippen molar-refractivity contribution in [2.45, 2.75) is 26.7 Å². The predicted molar refractivity (Wildman–Crippen MR) is 84.2 cm³/mol. The third-order valence-electron chi connectivity index (χ3n) is 3.31. The van der Waals surface area contributed by atoms with Crippen LogP contribution in [0.15, 0.2) is 30.5 Å². The van der Waals surface area contributed by atoms with Gasteiger partial charge in [0.15, 0.2) is 5.13 Å². The van der Waals surface area contributed by atoms with Gasteiger partial charge in [0, 0.05) is 23.4 Å². The number of carbonyl (C=O) groups is 1. The summed E-state index contributed by atoms with van der Waals surface area (Å²) in [4.78, 5) is 17.1. The van der Waals surface area contributed by atoms with Gasteiger partial charge in [-0.25, -0.2) is 4.98 Å². The van der Waals surface area contributed by atoms with Gasteiger partial charge in [-0.1, -0.05) is 26.0 Å². The molecule has 1 unspecified atom stereocenters. The molecule has 0 radical (unpaired) electrons. The Morgan fingerprint density at radius 2 is 2.14 bits per heavy atom. The Morgan fingerprint density at radius 3 is 2.76 bits per heavy atom. The average Bonchev–Trinajstić information content (AvgIpc) is 2.94. The first-order chi connectivity index (χ1) is 10.1. The molecule has 2 rings (SSSR count). The number of nitrogens with zero attached hydrogens (tertiary/aromatic N) is 2. The van der Waals surface area contributed by atoms with Crippen LogP contribution in [0.3, 0.4) is 0 Å². The first kappa shape index (κ1) is 15.2. The summed E-state index contributed by atoms with van der Waals surface area (Å²) in [5.41, 5.74) is 1.78. The van der Waals surface area contributed by atoms with Crippen molar-refractivity contribution in [3.8, 4) is 6.07 Å². The molecule has 1 aromatic heterocycles. The highest BCUT2D eigenvalue weighted by Gasteiger charge is 2.12. The van der Waals surface area contributed by atoms with E-state index < -0.39 is 0 Å². The largest absolute Gasteiger partial charge is 0.302 e.